The number of benzene rings is 2. The molecule has 0 unspecified atom stereocenters. The van der Waals surface area contributed by atoms with Crippen LogP contribution < -0.4 is 14.9 Å². The van der Waals surface area contributed by atoms with E-state index in [0.717, 1.165) is 0 Å². The third kappa shape index (κ3) is 4.47. The minimum Gasteiger partial charge on any atom is -0.504 e. The molecule has 0 atom stereocenters. The van der Waals surface area contributed by atoms with Crippen molar-refractivity contribution in [1.82, 2.24) is 5.43 Å². The molecule has 0 radical (unpaired) electrons. The molecule has 23 heavy (non-hydrogen) atoms. The first-order valence-corrected chi connectivity index (χ1v) is 7.07. The summed E-state index contributed by atoms with van der Waals surface area (Å²) in [5.74, 6) is 0.772. The topological polar surface area (TPSA) is 80.2 Å². The Labute approximate surface area is 134 Å². The predicted octanol–water partition coefficient (Wildman–Crippen LogP) is 2.56. The normalized spacial score (nSPS) is 10.5. The Morgan fingerprint density at radius 3 is 2.65 bits per heavy atom. The first-order valence-electron chi connectivity index (χ1n) is 7.07. The van der Waals surface area contributed by atoms with Crippen LogP contribution in [0.25, 0.3) is 0 Å². The largest absolute Gasteiger partial charge is 0.504 e. The fraction of sp³-hybridized carbons (Fsp3) is 0.176. The van der Waals surface area contributed by atoms with Crippen LogP contribution in [0.4, 0.5) is 0 Å². The van der Waals surface area contributed by atoms with Gasteiger partial charge in [0.2, 0.25) is 0 Å². The Bertz CT molecular complexity index is 696. The molecular weight excluding hydrogens is 296 g/mol. The van der Waals surface area contributed by atoms with Crippen LogP contribution in [-0.4, -0.2) is 30.9 Å². The van der Waals surface area contributed by atoms with Crippen molar-refractivity contribution in [2.24, 2.45) is 5.10 Å². The number of carbonyl (C=O) groups excluding carboxylic acids is 1. The van der Waals surface area contributed by atoms with Gasteiger partial charge >= 0.3 is 0 Å². The molecule has 120 valence electrons. The van der Waals surface area contributed by atoms with E-state index in [4.69, 9.17) is 9.47 Å². The van der Waals surface area contributed by atoms with E-state index < -0.39 is 0 Å². The number of methoxy groups -OCH3 is 1. The number of hydrogen-bond acceptors (Lipinski definition) is 5. The molecule has 2 aromatic rings. The summed E-state index contributed by atoms with van der Waals surface area (Å²) < 4.78 is 10.3. The first-order chi connectivity index (χ1) is 11.1. The van der Waals surface area contributed by atoms with E-state index in [9.17, 15) is 9.90 Å². The minimum absolute atomic E-state index is 0.0445. The van der Waals surface area contributed by atoms with Gasteiger partial charge in [-0.05, 0) is 55.0 Å². The van der Waals surface area contributed by atoms with Crippen LogP contribution in [0.2, 0.25) is 0 Å². The second kappa shape index (κ2) is 7.84. The SMILES string of the molecule is CCOc1ccc(C(=O)N/N=C\c2ccc(O)c(OC)c2)cc1. The van der Waals surface area contributed by atoms with Crippen molar-refractivity contribution in [2.75, 3.05) is 13.7 Å². The molecule has 0 fully saturated rings. The average molecular weight is 314 g/mol. The number of carbonyl (C=O) groups is 1. The number of rotatable bonds is 6. The number of amides is 1. The summed E-state index contributed by atoms with van der Waals surface area (Å²) in [6, 6.07) is 11.6. The maximum atomic E-state index is 12.0. The third-order valence-electron chi connectivity index (χ3n) is 3.01. The molecule has 1 amide bonds. The van der Waals surface area contributed by atoms with Crippen LogP contribution in [0.1, 0.15) is 22.8 Å². The van der Waals surface area contributed by atoms with E-state index in [2.05, 4.69) is 10.5 Å². The van der Waals surface area contributed by atoms with E-state index in [1.807, 2.05) is 6.92 Å². The lowest BCUT2D eigenvalue weighted by molar-refractivity contribution is 0.0955. The summed E-state index contributed by atoms with van der Waals surface area (Å²) in [6.07, 6.45) is 1.47. The van der Waals surface area contributed by atoms with Gasteiger partial charge in [-0.2, -0.15) is 5.10 Å². The van der Waals surface area contributed by atoms with Gasteiger partial charge < -0.3 is 14.6 Å². The molecule has 0 saturated carbocycles. The second-order valence-electron chi connectivity index (χ2n) is 4.59. The molecule has 0 spiro atoms. The Kier molecular flexibility index (Phi) is 5.57. The summed E-state index contributed by atoms with van der Waals surface area (Å²) in [4.78, 5) is 12.0. The van der Waals surface area contributed by atoms with Gasteiger partial charge in [0.15, 0.2) is 11.5 Å². The Morgan fingerprint density at radius 1 is 1.26 bits per heavy atom. The Hall–Kier alpha value is -3.02. The summed E-state index contributed by atoms with van der Waals surface area (Å²) in [5.41, 5.74) is 3.60. The number of phenolic OH excluding ortho intramolecular Hbond substituents is 1. The highest BCUT2D eigenvalue weighted by atomic mass is 16.5. The van der Waals surface area contributed by atoms with Crippen molar-refractivity contribution in [1.29, 1.82) is 0 Å². The maximum absolute atomic E-state index is 12.0. The number of hydrogen-bond donors (Lipinski definition) is 2. The molecule has 6 heteroatoms. The summed E-state index contributed by atoms with van der Waals surface area (Å²) in [7, 11) is 1.46. The lowest BCUT2D eigenvalue weighted by Gasteiger charge is -2.04. The first kappa shape index (κ1) is 16.4. The third-order valence-corrected chi connectivity index (χ3v) is 3.01. The van der Waals surface area contributed by atoms with E-state index in [-0.39, 0.29) is 11.7 Å². The van der Waals surface area contributed by atoms with Gasteiger partial charge in [0, 0.05) is 5.56 Å². The van der Waals surface area contributed by atoms with Crippen LogP contribution in [0.3, 0.4) is 0 Å². The van der Waals surface area contributed by atoms with Gasteiger partial charge in [0.1, 0.15) is 5.75 Å². The van der Waals surface area contributed by atoms with Crippen molar-refractivity contribution < 1.29 is 19.4 Å². The standard InChI is InChI=1S/C17H18N2O4/c1-3-23-14-7-5-13(6-8-14)17(21)19-18-11-12-4-9-15(20)16(10-12)22-2/h4-11,20H,3H2,1-2H3,(H,19,21)/b18-11-. The van der Waals surface area contributed by atoms with Gasteiger partial charge in [-0.25, -0.2) is 5.43 Å². The van der Waals surface area contributed by atoms with Crippen molar-refractivity contribution in [3.05, 3.63) is 53.6 Å². The number of nitrogens with zero attached hydrogens (tertiary/aromatic N) is 1. The molecule has 0 heterocycles. The highest BCUT2D eigenvalue weighted by molar-refractivity contribution is 5.95. The lowest BCUT2D eigenvalue weighted by Crippen LogP contribution is -2.17. The molecular formula is C17H18N2O4. The van der Waals surface area contributed by atoms with Crippen molar-refractivity contribution in [2.45, 2.75) is 6.92 Å². The van der Waals surface area contributed by atoms with Crippen molar-refractivity contribution in [3.63, 3.8) is 0 Å². The zero-order valence-electron chi connectivity index (χ0n) is 12.9. The molecule has 2 aromatic carbocycles. The molecule has 2 rings (SSSR count). The maximum Gasteiger partial charge on any atom is 0.271 e. The zero-order valence-corrected chi connectivity index (χ0v) is 12.9. The van der Waals surface area contributed by atoms with E-state index in [1.165, 1.54) is 19.4 Å². The highest BCUT2D eigenvalue weighted by Gasteiger charge is 2.04. The van der Waals surface area contributed by atoms with Gasteiger partial charge in [0.25, 0.3) is 5.91 Å². The fourth-order valence-electron chi connectivity index (χ4n) is 1.87. The van der Waals surface area contributed by atoms with Crippen LogP contribution in [0.15, 0.2) is 47.6 Å². The van der Waals surface area contributed by atoms with Crippen molar-refractivity contribution in [3.8, 4) is 17.2 Å². The highest BCUT2D eigenvalue weighted by Crippen LogP contribution is 2.25. The van der Waals surface area contributed by atoms with Crippen LogP contribution in [0.5, 0.6) is 17.2 Å². The number of phenols is 1. The van der Waals surface area contributed by atoms with Gasteiger partial charge in [-0.15, -0.1) is 0 Å². The Balaban J connectivity index is 1.98. The molecule has 0 saturated heterocycles. The van der Waals surface area contributed by atoms with E-state index in [1.54, 1.807) is 36.4 Å². The second-order valence-corrected chi connectivity index (χ2v) is 4.59. The minimum atomic E-state index is -0.324. The molecule has 0 aliphatic heterocycles. The molecule has 0 aliphatic rings. The van der Waals surface area contributed by atoms with Crippen LogP contribution >= 0.6 is 0 Å². The molecule has 2 N–H and O–H groups in total. The summed E-state index contributed by atoms with van der Waals surface area (Å²) >= 11 is 0. The van der Waals surface area contributed by atoms with E-state index in [0.29, 0.717) is 29.2 Å². The van der Waals surface area contributed by atoms with Gasteiger partial charge in [-0.3, -0.25) is 4.79 Å². The van der Waals surface area contributed by atoms with Gasteiger partial charge in [0.05, 0.1) is 19.9 Å². The number of aromatic hydroxyl groups is 1. The van der Waals surface area contributed by atoms with Crippen LogP contribution in [-0.2, 0) is 0 Å². The Morgan fingerprint density at radius 2 is 2.00 bits per heavy atom. The van der Waals surface area contributed by atoms with Gasteiger partial charge in [-0.1, -0.05) is 0 Å². The monoisotopic (exact) mass is 314 g/mol. The van der Waals surface area contributed by atoms with E-state index >= 15 is 0 Å². The zero-order chi connectivity index (χ0) is 16.7. The van der Waals surface area contributed by atoms with Crippen molar-refractivity contribution >= 4 is 12.1 Å². The number of nitrogens with one attached hydrogen (secondary N) is 1. The molecule has 6 nitrogen and oxygen atoms in total. The number of hydrazone groups is 1. The summed E-state index contributed by atoms with van der Waals surface area (Å²) in [5, 5.41) is 13.4. The predicted molar refractivity (Wildman–Crippen MR) is 87.3 cm³/mol. The lowest BCUT2D eigenvalue weighted by atomic mass is 10.2. The molecule has 0 aliphatic carbocycles. The fourth-order valence-corrected chi connectivity index (χ4v) is 1.87. The molecule has 0 aromatic heterocycles. The quantitative estimate of drug-likeness (QED) is 0.634. The smallest absolute Gasteiger partial charge is 0.271 e. The molecule has 0 bridgehead atoms. The summed E-state index contributed by atoms with van der Waals surface area (Å²) in [6.45, 7) is 2.47. The number of ether oxygens (including phenoxy) is 2. The average Bonchev–Trinajstić information content (AvgIpc) is 2.57. The van der Waals surface area contributed by atoms with Crippen LogP contribution in [0, 0.1) is 0 Å².